The second-order valence-electron chi connectivity index (χ2n) is 3.62. The van der Waals surface area contributed by atoms with Crippen LogP contribution in [0.2, 0.25) is 0 Å². The number of benzene rings is 1. The number of hydrogen-bond acceptors (Lipinski definition) is 2. The largest absolute Gasteiger partial charge is 0.490 e. The molecule has 3 heteroatoms. The lowest BCUT2D eigenvalue weighted by Gasteiger charge is -2.14. The van der Waals surface area contributed by atoms with Crippen LogP contribution in [0.3, 0.4) is 0 Å². The first-order valence-electron chi connectivity index (χ1n) is 5.18. The van der Waals surface area contributed by atoms with Crippen molar-refractivity contribution in [1.29, 1.82) is 0 Å². The van der Waals surface area contributed by atoms with Crippen molar-refractivity contribution in [2.45, 2.75) is 13.5 Å². The molecule has 16 heavy (non-hydrogen) atoms. The molecule has 3 nitrogen and oxygen atoms in total. The number of nitrogens with zero attached hydrogens (tertiary/aromatic N) is 1. The van der Waals surface area contributed by atoms with E-state index in [9.17, 15) is 4.79 Å². The molecule has 0 atom stereocenters. The minimum atomic E-state index is 0.0620. The summed E-state index contributed by atoms with van der Waals surface area (Å²) in [6, 6.07) is 7.70. The second kappa shape index (κ2) is 5.95. The monoisotopic (exact) mass is 219 g/mol. The topological polar surface area (TPSA) is 29.5 Å². The predicted octanol–water partition coefficient (Wildman–Crippen LogP) is 2.23. The molecule has 0 heterocycles. The van der Waals surface area contributed by atoms with Gasteiger partial charge < -0.3 is 9.64 Å². The highest BCUT2D eigenvalue weighted by Gasteiger charge is 2.03. The number of rotatable bonds is 5. The molecule has 1 aromatic rings. The first-order valence-corrected chi connectivity index (χ1v) is 5.18. The van der Waals surface area contributed by atoms with Gasteiger partial charge in [-0.3, -0.25) is 4.79 Å². The van der Waals surface area contributed by atoms with Gasteiger partial charge in [-0.15, -0.1) is 0 Å². The molecule has 86 valence electrons. The van der Waals surface area contributed by atoms with Crippen LogP contribution in [0.5, 0.6) is 5.75 Å². The molecule has 0 bridgehead atoms. The number of carbonyl (C=O) groups excluding carboxylic acids is 1. The first-order chi connectivity index (χ1) is 7.63. The van der Waals surface area contributed by atoms with Crippen LogP contribution < -0.4 is 4.74 Å². The highest BCUT2D eigenvalue weighted by Crippen LogP contribution is 2.13. The summed E-state index contributed by atoms with van der Waals surface area (Å²) in [4.78, 5) is 12.7. The quantitative estimate of drug-likeness (QED) is 0.711. The van der Waals surface area contributed by atoms with Crippen LogP contribution >= 0.6 is 0 Å². The number of amides is 1. The Kier molecular flexibility index (Phi) is 4.58. The molecule has 1 amide bonds. The number of ether oxygens (including phenoxy) is 1. The zero-order valence-corrected chi connectivity index (χ0v) is 9.77. The van der Waals surface area contributed by atoms with E-state index in [-0.39, 0.29) is 5.91 Å². The van der Waals surface area contributed by atoms with Crippen molar-refractivity contribution >= 4 is 5.91 Å². The van der Waals surface area contributed by atoms with Crippen molar-refractivity contribution in [2.24, 2.45) is 0 Å². The van der Waals surface area contributed by atoms with Crippen LogP contribution in [-0.2, 0) is 11.3 Å². The fourth-order valence-corrected chi connectivity index (χ4v) is 1.23. The van der Waals surface area contributed by atoms with E-state index in [0.717, 1.165) is 11.3 Å². The van der Waals surface area contributed by atoms with Crippen LogP contribution in [0.25, 0.3) is 0 Å². The summed E-state index contributed by atoms with van der Waals surface area (Å²) in [7, 11) is 1.78. The van der Waals surface area contributed by atoms with E-state index < -0.39 is 0 Å². The maximum atomic E-state index is 11.0. The summed E-state index contributed by atoms with van der Waals surface area (Å²) >= 11 is 0. The predicted molar refractivity (Wildman–Crippen MR) is 64.3 cm³/mol. The van der Waals surface area contributed by atoms with Gasteiger partial charge in [0.05, 0.1) is 0 Å². The van der Waals surface area contributed by atoms with Crippen LogP contribution in [0, 0.1) is 0 Å². The molecule has 1 aromatic carbocycles. The maximum Gasteiger partial charge on any atom is 0.219 e. The summed E-state index contributed by atoms with van der Waals surface area (Å²) in [5.41, 5.74) is 1.09. The third-order valence-corrected chi connectivity index (χ3v) is 2.25. The highest BCUT2D eigenvalue weighted by molar-refractivity contribution is 5.72. The van der Waals surface area contributed by atoms with E-state index in [1.54, 1.807) is 24.9 Å². The lowest BCUT2D eigenvalue weighted by atomic mass is 10.2. The van der Waals surface area contributed by atoms with Crippen molar-refractivity contribution in [3.63, 3.8) is 0 Å². The van der Waals surface area contributed by atoms with Crippen LogP contribution in [0.4, 0.5) is 0 Å². The fourth-order valence-electron chi connectivity index (χ4n) is 1.23. The average molecular weight is 219 g/mol. The molecule has 0 N–H and O–H groups in total. The molecule has 1 rings (SSSR count). The van der Waals surface area contributed by atoms with E-state index in [1.807, 2.05) is 24.3 Å². The molecule has 0 saturated carbocycles. The highest BCUT2D eigenvalue weighted by atomic mass is 16.5. The van der Waals surface area contributed by atoms with Gasteiger partial charge in [0.25, 0.3) is 0 Å². The van der Waals surface area contributed by atoms with Gasteiger partial charge in [0.2, 0.25) is 5.91 Å². The Labute approximate surface area is 96.3 Å². The van der Waals surface area contributed by atoms with Crippen molar-refractivity contribution in [3.05, 3.63) is 42.5 Å². The van der Waals surface area contributed by atoms with Gasteiger partial charge in [0.1, 0.15) is 12.4 Å². The molecule has 0 aromatic heterocycles. The van der Waals surface area contributed by atoms with Gasteiger partial charge in [-0.2, -0.15) is 0 Å². The first kappa shape index (κ1) is 12.3. The maximum absolute atomic E-state index is 11.0. The normalized spacial score (nSPS) is 9.62. The lowest BCUT2D eigenvalue weighted by Crippen LogP contribution is -2.22. The third kappa shape index (κ3) is 3.77. The van der Waals surface area contributed by atoms with Gasteiger partial charge >= 0.3 is 0 Å². The van der Waals surface area contributed by atoms with Gasteiger partial charge in [-0.05, 0) is 17.7 Å². The molecule has 0 radical (unpaired) electrons. The zero-order valence-electron chi connectivity index (χ0n) is 9.77. The Bertz CT molecular complexity index is 357. The molecular weight excluding hydrogens is 202 g/mol. The summed E-state index contributed by atoms with van der Waals surface area (Å²) in [6.07, 6.45) is 1.71. The van der Waals surface area contributed by atoms with Crippen molar-refractivity contribution in [1.82, 2.24) is 4.90 Å². The molecule has 0 fully saturated rings. The smallest absolute Gasteiger partial charge is 0.219 e. The molecule has 0 spiro atoms. The van der Waals surface area contributed by atoms with E-state index in [1.165, 1.54) is 0 Å². The van der Waals surface area contributed by atoms with Crippen molar-refractivity contribution in [3.8, 4) is 5.75 Å². The minimum Gasteiger partial charge on any atom is -0.490 e. The van der Waals surface area contributed by atoms with Crippen LogP contribution in [0.1, 0.15) is 12.5 Å². The zero-order chi connectivity index (χ0) is 12.0. The molecule has 0 aliphatic rings. The Morgan fingerprint density at radius 1 is 1.44 bits per heavy atom. The average Bonchev–Trinajstić information content (AvgIpc) is 2.28. The van der Waals surface area contributed by atoms with Crippen molar-refractivity contribution < 1.29 is 9.53 Å². The number of hydrogen-bond donors (Lipinski definition) is 0. The van der Waals surface area contributed by atoms with E-state index in [4.69, 9.17) is 4.74 Å². The third-order valence-electron chi connectivity index (χ3n) is 2.25. The molecule has 0 unspecified atom stereocenters. The van der Waals surface area contributed by atoms with E-state index >= 15 is 0 Å². The Morgan fingerprint density at radius 3 is 2.56 bits per heavy atom. The standard InChI is InChI=1S/C13H17NO2/c1-4-9-16-13-7-5-12(6-8-13)10-14(3)11(2)15/h4-8H,1,9-10H2,2-3H3. The molecule has 0 saturated heterocycles. The Balaban J connectivity index is 2.57. The minimum absolute atomic E-state index is 0.0620. The molecule has 0 aliphatic carbocycles. The summed E-state index contributed by atoms with van der Waals surface area (Å²) in [6.45, 7) is 6.27. The lowest BCUT2D eigenvalue weighted by molar-refractivity contribution is -0.128. The van der Waals surface area contributed by atoms with Crippen LogP contribution in [0.15, 0.2) is 36.9 Å². The summed E-state index contributed by atoms with van der Waals surface area (Å²) in [5, 5.41) is 0. The summed E-state index contributed by atoms with van der Waals surface area (Å²) < 4.78 is 5.36. The van der Waals surface area contributed by atoms with Gasteiger partial charge in [0.15, 0.2) is 0 Å². The molecule has 0 aliphatic heterocycles. The van der Waals surface area contributed by atoms with E-state index in [0.29, 0.717) is 13.2 Å². The van der Waals surface area contributed by atoms with Gasteiger partial charge in [-0.1, -0.05) is 24.8 Å². The van der Waals surface area contributed by atoms with Gasteiger partial charge in [0, 0.05) is 20.5 Å². The van der Waals surface area contributed by atoms with Crippen molar-refractivity contribution in [2.75, 3.05) is 13.7 Å². The van der Waals surface area contributed by atoms with Crippen LogP contribution in [-0.4, -0.2) is 24.5 Å². The Morgan fingerprint density at radius 2 is 2.06 bits per heavy atom. The fraction of sp³-hybridized carbons (Fsp3) is 0.308. The molecular formula is C13H17NO2. The Hall–Kier alpha value is -1.77. The SMILES string of the molecule is C=CCOc1ccc(CN(C)C(C)=O)cc1. The summed E-state index contributed by atoms with van der Waals surface area (Å²) in [5.74, 6) is 0.876. The number of carbonyl (C=O) groups is 1. The second-order valence-corrected chi connectivity index (χ2v) is 3.62. The van der Waals surface area contributed by atoms with Gasteiger partial charge in [-0.25, -0.2) is 0 Å². The van der Waals surface area contributed by atoms with E-state index in [2.05, 4.69) is 6.58 Å².